The smallest absolute Gasteiger partial charge is 0.239 e. The number of hydrogen-bond donors (Lipinski definition) is 0. The molecule has 0 spiro atoms. The quantitative estimate of drug-likeness (QED) is 0.726. The van der Waals surface area contributed by atoms with Gasteiger partial charge in [-0.15, -0.1) is 0 Å². The largest absolute Gasteiger partial charge is 0.274 e. The molecule has 102 valence electrons. The lowest BCUT2D eigenvalue weighted by atomic mass is 10.1. The Balaban J connectivity index is 2.15. The van der Waals surface area contributed by atoms with Crippen molar-refractivity contribution in [2.75, 3.05) is 0 Å². The molecular weight excluding hydrogens is 295 g/mol. The standard InChI is InChI=1S/C13H6ClFN6/c14-12-18-11(9-3-8(6-16)4-10(15)5-9)19-13(20-12)21-2-1-17-7-21/h1-5,7H. The first-order valence-electron chi connectivity index (χ1n) is 5.76. The summed E-state index contributed by atoms with van der Waals surface area (Å²) in [5.74, 6) is -0.121. The van der Waals surface area contributed by atoms with Crippen LogP contribution in [0.15, 0.2) is 36.9 Å². The summed E-state index contributed by atoms with van der Waals surface area (Å²) >= 11 is 5.88. The lowest BCUT2D eigenvalue weighted by Crippen LogP contribution is -2.03. The summed E-state index contributed by atoms with van der Waals surface area (Å²) in [5.41, 5.74) is 0.517. The minimum Gasteiger partial charge on any atom is -0.274 e. The van der Waals surface area contributed by atoms with Crippen molar-refractivity contribution in [1.82, 2.24) is 24.5 Å². The highest BCUT2D eigenvalue weighted by Crippen LogP contribution is 2.20. The predicted octanol–water partition coefficient (Wildman–Crippen LogP) is 2.39. The molecule has 3 aromatic rings. The maximum absolute atomic E-state index is 13.5. The van der Waals surface area contributed by atoms with Crippen LogP contribution in [0.5, 0.6) is 0 Å². The summed E-state index contributed by atoms with van der Waals surface area (Å²) in [7, 11) is 0. The van der Waals surface area contributed by atoms with Gasteiger partial charge in [0, 0.05) is 18.0 Å². The number of nitrogens with zero attached hydrogens (tertiary/aromatic N) is 6. The summed E-state index contributed by atoms with van der Waals surface area (Å²) < 4.78 is 15.0. The average Bonchev–Trinajstić information content (AvgIpc) is 3.00. The average molecular weight is 301 g/mol. The second kappa shape index (κ2) is 5.26. The van der Waals surface area contributed by atoms with Crippen molar-refractivity contribution in [3.05, 3.63) is 53.6 Å². The fourth-order valence-electron chi connectivity index (χ4n) is 1.74. The first kappa shape index (κ1) is 13.1. The molecule has 0 fully saturated rings. The zero-order valence-electron chi connectivity index (χ0n) is 10.4. The van der Waals surface area contributed by atoms with Crippen molar-refractivity contribution >= 4 is 11.6 Å². The Labute approximate surface area is 123 Å². The molecular formula is C13H6ClFN6. The summed E-state index contributed by atoms with van der Waals surface area (Å²) in [4.78, 5) is 16.0. The molecule has 0 aliphatic rings. The Bertz CT molecular complexity index is 840. The van der Waals surface area contributed by atoms with Crippen LogP contribution in [-0.4, -0.2) is 24.5 Å². The summed E-state index contributed by atoms with van der Waals surface area (Å²) in [6, 6.07) is 5.71. The normalized spacial score (nSPS) is 10.3. The number of nitriles is 1. The molecule has 0 atom stereocenters. The van der Waals surface area contributed by atoms with Gasteiger partial charge in [0.05, 0.1) is 11.6 Å². The molecule has 2 heterocycles. The SMILES string of the molecule is N#Cc1cc(F)cc(-c2nc(Cl)nc(-n3ccnc3)n2)c1. The molecule has 2 aromatic heterocycles. The maximum atomic E-state index is 13.5. The number of imidazole rings is 1. The van der Waals surface area contributed by atoms with Crippen LogP contribution in [-0.2, 0) is 0 Å². The predicted molar refractivity (Wildman–Crippen MR) is 72.1 cm³/mol. The lowest BCUT2D eigenvalue weighted by molar-refractivity contribution is 0.627. The molecule has 21 heavy (non-hydrogen) atoms. The van der Waals surface area contributed by atoms with Gasteiger partial charge in [-0.3, -0.25) is 4.57 Å². The van der Waals surface area contributed by atoms with E-state index in [9.17, 15) is 4.39 Å². The summed E-state index contributed by atoms with van der Waals surface area (Å²) in [6.45, 7) is 0. The first-order valence-corrected chi connectivity index (χ1v) is 6.14. The molecule has 0 amide bonds. The van der Waals surface area contributed by atoms with E-state index >= 15 is 0 Å². The minimum atomic E-state index is -0.551. The Kier molecular flexibility index (Phi) is 3.30. The van der Waals surface area contributed by atoms with Crippen LogP contribution >= 0.6 is 11.6 Å². The number of hydrogen-bond acceptors (Lipinski definition) is 5. The van der Waals surface area contributed by atoms with Crippen LogP contribution in [0.3, 0.4) is 0 Å². The second-order valence-corrected chi connectivity index (χ2v) is 4.38. The van der Waals surface area contributed by atoms with E-state index in [1.54, 1.807) is 17.0 Å². The summed E-state index contributed by atoms with van der Waals surface area (Å²) in [6.07, 6.45) is 4.71. The van der Waals surface area contributed by atoms with E-state index < -0.39 is 5.82 Å². The fourth-order valence-corrected chi connectivity index (χ4v) is 1.90. The Morgan fingerprint density at radius 2 is 2.05 bits per heavy atom. The zero-order valence-corrected chi connectivity index (χ0v) is 11.2. The van der Waals surface area contributed by atoms with Gasteiger partial charge < -0.3 is 0 Å². The molecule has 0 unspecified atom stereocenters. The van der Waals surface area contributed by atoms with Gasteiger partial charge in [-0.1, -0.05) is 0 Å². The summed E-state index contributed by atoms with van der Waals surface area (Å²) in [5, 5.41) is 8.85. The number of halogens is 2. The van der Waals surface area contributed by atoms with Crippen LogP contribution in [0.2, 0.25) is 5.28 Å². The van der Waals surface area contributed by atoms with Crippen LogP contribution < -0.4 is 0 Å². The molecule has 8 heteroatoms. The van der Waals surface area contributed by atoms with E-state index in [0.29, 0.717) is 5.56 Å². The molecule has 0 aliphatic heterocycles. The van der Waals surface area contributed by atoms with Gasteiger partial charge in [-0.25, -0.2) is 9.37 Å². The van der Waals surface area contributed by atoms with Crippen molar-refractivity contribution in [3.8, 4) is 23.4 Å². The highest BCUT2D eigenvalue weighted by Gasteiger charge is 2.11. The zero-order chi connectivity index (χ0) is 14.8. The van der Waals surface area contributed by atoms with Gasteiger partial charge in [0.2, 0.25) is 11.2 Å². The third kappa shape index (κ3) is 2.70. The third-order valence-electron chi connectivity index (χ3n) is 2.62. The lowest BCUT2D eigenvalue weighted by Gasteiger charge is -2.05. The van der Waals surface area contributed by atoms with Crippen molar-refractivity contribution in [2.45, 2.75) is 0 Å². The minimum absolute atomic E-state index is 0.0357. The molecule has 1 aromatic carbocycles. The Morgan fingerprint density at radius 3 is 2.76 bits per heavy atom. The Hall–Kier alpha value is -2.85. The monoisotopic (exact) mass is 300 g/mol. The molecule has 0 saturated heterocycles. The van der Waals surface area contributed by atoms with E-state index in [1.807, 2.05) is 6.07 Å². The van der Waals surface area contributed by atoms with Gasteiger partial charge in [-0.2, -0.15) is 20.2 Å². The van der Waals surface area contributed by atoms with E-state index in [-0.39, 0.29) is 22.6 Å². The van der Waals surface area contributed by atoms with Crippen LogP contribution in [0.25, 0.3) is 17.3 Å². The fraction of sp³-hybridized carbons (Fsp3) is 0. The molecule has 0 saturated carbocycles. The molecule has 0 bridgehead atoms. The van der Waals surface area contributed by atoms with Crippen molar-refractivity contribution < 1.29 is 4.39 Å². The van der Waals surface area contributed by atoms with E-state index in [2.05, 4.69) is 19.9 Å². The van der Waals surface area contributed by atoms with Gasteiger partial charge >= 0.3 is 0 Å². The Morgan fingerprint density at radius 1 is 1.19 bits per heavy atom. The van der Waals surface area contributed by atoms with E-state index in [1.165, 1.54) is 18.5 Å². The van der Waals surface area contributed by atoms with E-state index in [4.69, 9.17) is 16.9 Å². The van der Waals surface area contributed by atoms with Crippen molar-refractivity contribution in [3.63, 3.8) is 0 Å². The molecule has 3 rings (SSSR count). The molecule has 0 radical (unpaired) electrons. The van der Waals surface area contributed by atoms with Crippen LogP contribution in [0.1, 0.15) is 5.56 Å². The molecule has 0 aliphatic carbocycles. The number of rotatable bonds is 2. The number of aromatic nitrogens is 5. The van der Waals surface area contributed by atoms with Crippen LogP contribution in [0.4, 0.5) is 4.39 Å². The van der Waals surface area contributed by atoms with Crippen molar-refractivity contribution in [1.29, 1.82) is 5.26 Å². The second-order valence-electron chi connectivity index (χ2n) is 4.04. The molecule has 6 nitrogen and oxygen atoms in total. The highest BCUT2D eigenvalue weighted by molar-refractivity contribution is 6.28. The first-order chi connectivity index (χ1) is 10.2. The number of benzene rings is 1. The van der Waals surface area contributed by atoms with Gasteiger partial charge in [0.25, 0.3) is 0 Å². The van der Waals surface area contributed by atoms with E-state index in [0.717, 1.165) is 6.07 Å². The highest BCUT2D eigenvalue weighted by atomic mass is 35.5. The van der Waals surface area contributed by atoms with Crippen LogP contribution in [0, 0.1) is 17.1 Å². The van der Waals surface area contributed by atoms with Gasteiger partial charge in [0.1, 0.15) is 12.1 Å². The third-order valence-corrected chi connectivity index (χ3v) is 2.79. The van der Waals surface area contributed by atoms with Crippen molar-refractivity contribution in [2.24, 2.45) is 0 Å². The van der Waals surface area contributed by atoms with Gasteiger partial charge in [-0.05, 0) is 29.8 Å². The van der Waals surface area contributed by atoms with Gasteiger partial charge in [0.15, 0.2) is 5.82 Å². The molecule has 0 N–H and O–H groups in total. The maximum Gasteiger partial charge on any atom is 0.239 e. The topological polar surface area (TPSA) is 80.3 Å².